The molecule has 0 N–H and O–H groups in total. The number of aromatic nitrogens is 1. The minimum absolute atomic E-state index is 0.735. The summed E-state index contributed by atoms with van der Waals surface area (Å²) >= 11 is 10.7. The maximum Gasteiger partial charge on any atom is 0.211 e. The van der Waals surface area contributed by atoms with Gasteiger partial charge in [0, 0.05) is 16.0 Å². The number of rotatable bonds is 2. The van der Waals surface area contributed by atoms with Gasteiger partial charge in [-0.15, -0.1) is 34.9 Å². The van der Waals surface area contributed by atoms with Crippen LogP contribution in [-0.2, 0) is 0 Å². The van der Waals surface area contributed by atoms with Crippen LogP contribution in [0.15, 0.2) is 34.6 Å². The third kappa shape index (κ3) is 3.51. The second-order valence-electron chi connectivity index (χ2n) is 3.31. The molecule has 0 radical (unpaired) electrons. The zero-order valence-electron chi connectivity index (χ0n) is 9.88. The topological polar surface area (TPSA) is 25.2 Å². The Morgan fingerprint density at radius 2 is 1.89 bits per heavy atom. The van der Waals surface area contributed by atoms with Gasteiger partial charge in [-0.3, -0.25) is 0 Å². The number of hydrogen-bond acceptors (Lipinski definition) is 5. The van der Waals surface area contributed by atoms with Gasteiger partial charge in [-0.25, -0.2) is 9.98 Å². The summed E-state index contributed by atoms with van der Waals surface area (Å²) in [4.78, 5) is 8.99. The number of hydrogen-bond donors (Lipinski definition) is 0. The summed E-state index contributed by atoms with van der Waals surface area (Å²) in [5, 5.41) is 3.54. The van der Waals surface area contributed by atoms with E-state index in [4.69, 9.17) is 11.6 Å². The molecule has 0 aliphatic rings. The van der Waals surface area contributed by atoms with E-state index in [9.17, 15) is 0 Å². The van der Waals surface area contributed by atoms with Crippen molar-refractivity contribution in [3.05, 3.63) is 34.7 Å². The van der Waals surface area contributed by atoms with Crippen LogP contribution in [-0.4, -0.2) is 21.9 Å². The molecular formula is C12H11ClN2S3. The summed E-state index contributed by atoms with van der Waals surface area (Å²) in [5.41, 5.74) is 2.00. The van der Waals surface area contributed by atoms with E-state index in [1.165, 1.54) is 0 Å². The zero-order valence-corrected chi connectivity index (χ0v) is 13.1. The van der Waals surface area contributed by atoms with Gasteiger partial charge in [-0.2, -0.15) is 0 Å². The van der Waals surface area contributed by atoms with E-state index in [1.54, 1.807) is 34.9 Å². The number of thiazole rings is 1. The van der Waals surface area contributed by atoms with Gasteiger partial charge in [-0.05, 0) is 24.6 Å². The minimum Gasteiger partial charge on any atom is -0.218 e. The molecule has 0 aliphatic heterocycles. The molecule has 18 heavy (non-hydrogen) atoms. The smallest absolute Gasteiger partial charge is 0.211 e. The largest absolute Gasteiger partial charge is 0.218 e. The highest BCUT2D eigenvalue weighted by Crippen LogP contribution is 2.29. The molecule has 1 aromatic heterocycles. The first-order valence-electron chi connectivity index (χ1n) is 5.11. The molecular weight excluding hydrogens is 304 g/mol. The lowest BCUT2D eigenvalue weighted by atomic mass is 10.2. The zero-order chi connectivity index (χ0) is 13.0. The Kier molecular flexibility index (Phi) is 5.12. The van der Waals surface area contributed by atoms with E-state index in [0.29, 0.717) is 0 Å². The Balaban J connectivity index is 2.25. The molecule has 0 spiro atoms. The summed E-state index contributed by atoms with van der Waals surface area (Å²) in [6, 6.07) is 7.67. The molecule has 0 unspecified atom stereocenters. The Morgan fingerprint density at radius 1 is 1.22 bits per heavy atom. The van der Waals surface area contributed by atoms with Crippen molar-refractivity contribution < 1.29 is 0 Å². The predicted octanol–water partition coefficient (Wildman–Crippen LogP) is 5.18. The van der Waals surface area contributed by atoms with Crippen molar-refractivity contribution in [2.75, 3.05) is 12.5 Å². The number of benzene rings is 1. The van der Waals surface area contributed by atoms with Crippen molar-refractivity contribution >= 4 is 56.0 Å². The van der Waals surface area contributed by atoms with Gasteiger partial charge < -0.3 is 0 Å². The van der Waals surface area contributed by atoms with Crippen molar-refractivity contribution in [1.82, 2.24) is 4.98 Å². The van der Waals surface area contributed by atoms with Crippen molar-refractivity contribution in [3.8, 4) is 11.3 Å². The summed E-state index contributed by atoms with van der Waals surface area (Å²) in [5.74, 6) is 0. The molecule has 0 amide bonds. The molecule has 94 valence electrons. The molecule has 0 bridgehead atoms. The molecule has 0 fully saturated rings. The van der Waals surface area contributed by atoms with E-state index in [0.717, 1.165) is 25.8 Å². The third-order valence-electron chi connectivity index (χ3n) is 2.17. The second kappa shape index (κ2) is 6.61. The van der Waals surface area contributed by atoms with Gasteiger partial charge >= 0.3 is 0 Å². The van der Waals surface area contributed by atoms with Crippen LogP contribution in [0.1, 0.15) is 0 Å². The Labute approximate surface area is 124 Å². The van der Waals surface area contributed by atoms with E-state index >= 15 is 0 Å². The van der Waals surface area contributed by atoms with Gasteiger partial charge in [0.1, 0.15) is 4.38 Å². The molecule has 0 saturated heterocycles. The molecule has 2 aromatic rings. The highest BCUT2D eigenvalue weighted by molar-refractivity contribution is 8.38. The van der Waals surface area contributed by atoms with Crippen LogP contribution in [0.3, 0.4) is 0 Å². The summed E-state index contributed by atoms with van der Waals surface area (Å²) in [6.07, 6.45) is 4.03. The van der Waals surface area contributed by atoms with Gasteiger partial charge in [0.15, 0.2) is 0 Å². The van der Waals surface area contributed by atoms with Gasteiger partial charge in [0.2, 0.25) is 5.13 Å². The second-order valence-corrected chi connectivity index (χ2v) is 6.43. The third-order valence-corrected chi connectivity index (χ3v) is 5.04. The highest BCUT2D eigenvalue weighted by atomic mass is 35.5. The van der Waals surface area contributed by atoms with Gasteiger partial charge in [0.05, 0.1) is 5.69 Å². The molecule has 0 saturated carbocycles. The average Bonchev–Trinajstić information content (AvgIpc) is 2.85. The Morgan fingerprint density at radius 3 is 2.50 bits per heavy atom. The van der Waals surface area contributed by atoms with E-state index < -0.39 is 0 Å². The first kappa shape index (κ1) is 13.9. The lowest BCUT2D eigenvalue weighted by Gasteiger charge is -1.96. The van der Waals surface area contributed by atoms with Crippen LogP contribution in [0.5, 0.6) is 0 Å². The molecule has 2 nitrogen and oxygen atoms in total. The summed E-state index contributed by atoms with van der Waals surface area (Å²) in [7, 11) is 0. The Hall–Kier alpha value is -0.490. The number of aliphatic imine (C=N–C) groups is 1. The van der Waals surface area contributed by atoms with Crippen LogP contribution in [0.2, 0.25) is 5.02 Å². The van der Waals surface area contributed by atoms with E-state index in [2.05, 4.69) is 9.98 Å². The average molecular weight is 315 g/mol. The quantitative estimate of drug-likeness (QED) is 0.564. The summed E-state index contributed by atoms with van der Waals surface area (Å²) in [6.45, 7) is 0. The number of halogens is 1. The molecule has 6 heteroatoms. The van der Waals surface area contributed by atoms with E-state index in [-0.39, 0.29) is 0 Å². The number of nitrogens with zero attached hydrogens (tertiary/aromatic N) is 2. The van der Waals surface area contributed by atoms with E-state index in [1.807, 2.05) is 42.2 Å². The SMILES string of the molecule is CSC(=Nc1nc(-c2ccc(Cl)cc2)cs1)SC. The standard InChI is InChI=1S/C12H11ClN2S3/c1-16-12(17-2)15-11-14-10(7-18-11)8-3-5-9(13)6-4-8/h3-7H,1-2H3. The molecule has 1 aromatic carbocycles. The Bertz CT molecular complexity index is 543. The first-order valence-corrected chi connectivity index (χ1v) is 8.82. The van der Waals surface area contributed by atoms with Crippen molar-refractivity contribution in [2.24, 2.45) is 4.99 Å². The van der Waals surface area contributed by atoms with Crippen LogP contribution in [0.25, 0.3) is 11.3 Å². The normalized spacial score (nSPS) is 10.4. The van der Waals surface area contributed by atoms with Crippen LogP contribution >= 0.6 is 46.5 Å². The van der Waals surface area contributed by atoms with Crippen LogP contribution in [0, 0.1) is 0 Å². The lowest BCUT2D eigenvalue weighted by molar-refractivity contribution is 1.36. The minimum atomic E-state index is 0.735. The maximum atomic E-state index is 5.87. The maximum absolute atomic E-state index is 5.87. The molecule has 1 heterocycles. The fourth-order valence-corrected chi connectivity index (χ4v) is 3.29. The van der Waals surface area contributed by atoms with Crippen molar-refractivity contribution in [2.45, 2.75) is 0 Å². The van der Waals surface area contributed by atoms with Gasteiger partial charge in [-0.1, -0.05) is 23.7 Å². The van der Waals surface area contributed by atoms with Crippen molar-refractivity contribution in [3.63, 3.8) is 0 Å². The number of thioether (sulfide) groups is 2. The van der Waals surface area contributed by atoms with Gasteiger partial charge in [0.25, 0.3) is 0 Å². The molecule has 0 atom stereocenters. The lowest BCUT2D eigenvalue weighted by Crippen LogP contribution is -1.80. The molecule has 2 rings (SSSR count). The summed E-state index contributed by atoms with van der Waals surface area (Å²) < 4.78 is 1.02. The van der Waals surface area contributed by atoms with Crippen LogP contribution < -0.4 is 0 Å². The molecule has 0 aliphatic carbocycles. The fourth-order valence-electron chi connectivity index (χ4n) is 1.32. The van der Waals surface area contributed by atoms with Crippen molar-refractivity contribution in [1.29, 1.82) is 0 Å². The fraction of sp³-hybridized carbons (Fsp3) is 0.167. The predicted molar refractivity (Wildman–Crippen MR) is 86.7 cm³/mol. The first-order chi connectivity index (χ1) is 8.72. The van der Waals surface area contributed by atoms with Crippen LogP contribution in [0.4, 0.5) is 5.13 Å². The monoisotopic (exact) mass is 314 g/mol. The highest BCUT2D eigenvalue weighted by Gasteiger charge is 2.04.